The average molecular weight is 518 g/mol. The van der Waals surface area contributed by atoms with Gasteiger partial charge in [-0.3, -0.25) is 9.59 Å². The van der Waals surface area contributed by atoms with Crippen molar-refractivity contribution in [3.05, 3.63) is 65.7 Å². The molecule has 3 heterocycles. The maximum atomic E-state index is 13.5. The third kappa shape index (κ3) is 5.61. The van der Waals surface area contributed by atoms with E-state index in [0.29, 0.717) is 17.7 Å². The molecule has 1 spiro atoms. The summed E-state index contributed by atoms with van der Waals surface area (Å²) in [6, 6.07) is 18.9. The number of nitrogens with zero attached hydrogens (tertiary/aromatic N) is 3. The monoisotopic (exact) mass is 517 g/mol. The number of methoxy groups -OCH3 is 1. The number of piperidine rings is 1. The van der Waals surface area contributed by atoms with Gasteiger partial charge in [0.05, 0.1) is 12.5 Å². The Bertz CT molecular complexity index is 1090. The van der Waals surface area contributed by atoms with Gasteiger partial charge in [-0.2, -0.15) is 0 Å². The molecule has 2 aromatic rings. The van der Waals surface area contributed by atoms with Crippen LogP contribution in [0.4, 0.5) is 0 Å². The highest BCUT2D eigenvalue weighted by atomic mass is 16.5. The van der Waals surface area contributed by atoms with Crippen LogP contribution in [-0.4, -0.2) is 79.4 Å². The summed E-state index contributed by atoms with van der Waals surface area (Å²) < 4.78 is 5.26. The molecule has 6 nitrogen and oxygen atoms in total. The van der Waals surface area contributed by atoms with Crippen molar-refractivity contribution in [1.29, 1.82) is 0 Å². The van der Waals surface area contributed by atoms with Gasteiger partial charge in [-0.15, -0.1) is 0 Å². The first-order chi connectivity index (χ1) is 18.4. The molecule has 3 fully saturated rings. The third-order valence-electron chi connectivity index (χ3n) is 9.21. The van der Waals surface area contributed by atoms with E-state index in [0.717, 1.165) is 77.2 Å². The molecule has 2 atom stereocenters. The molecule has 2 amide bonds. The van der Waals surface area contributed by atoms with Gasteiger partial charge in [0.15, 0.2) is 0 Å². The number of carbonyl (C=O) groups is 2. The van der Waals surface area contributed by atoms with Crippen LogP contribution in [0.15, 0.2) is 54.6 Å². The largest absolute Gasteiger partial charge is 0.497 e. The third-order valence-corrected chi connectivity index (χ3v) is 9.21. The average Bonchev–Trinajstić information content (AvgIpc) is 3.50. The van der Waals surface area contributed by atoms with Crippen LogP contribution in [0.2, 0.25) is 0 Å². The summed E-state index contributed by atoms with van der Waals surface area (Å²) in [6.07, 6.45) is 3.76. The molecular weight excluding hydrogens is 474 g/mol. The van der Waals surface area contributed by atoms with Crippen LogP contribution >= 0.6 is 0 Å². The van der Waals surface area contributed by atoms with E-state index in [4.69, 9.17) is 4.74 Å². The zero-order valence-corrected chi connectivity index (χ0v) is 23.3. The Morgan fingerprint density at radius 2 is 1.66 bits per heavy atom. The van der Waals surface area contributed by atoms with Crippen molar-refractivity contribution in [3.8, 4) is 5.75 Å². The van der Waals surface area contributed by atoms with Gasteiger partial charge < -0.3 is 19.4 Å². The molecule has 204 valence electrons. The van der Waals surface area contributed by atoms with Gasteiger partial charge in [0.1, 0.15) is 5.75 Å². The summed E-state index contributed by atoms with van der Waals surface area (Å²) in [6.45, 7) is 10.2. The summed E-state index contributed by atoms with van der Waals surface area (Å²) in [5.41, 5.74) is 2.40. The highest BCUT2D eigenvalue weighted by Gasteiger charge is 2.48. The Balaban J connectivity index is 1.16. The molecule has 38 heavy (non-hydrogen) atoms. The number of likely N-dealkylation sites (tertiary alicyclic amines) is 3. The molecule has 2 aromatic carbocycles. The smallest absolute Gasteiger partial charge is 0.228 e. The Labute approximate surface area is 227 Å². The van der Waals surface area contributed by atoms with Gasteiger partial charge in [-0.1, -0.05) is 56.3 Å². The Morgan fingerprint density at radius 1 is 0.974 bits per heavy atom. The van der Waals surface area contributed by atoms with E-state index in [1.54, 1.807) is 7.11 Å². The van der Waals surface area contributed by atoms with Gasteiger partial charge in [0.25, 0.3) is 0 Å². The number of carbonyl (C=O) groups excluding carboxylic acids is 2. The molecule has 6 heteroatoms. The fourth-order valence-electron chi connectivity index (χ4n) is 6.80. The Morgan fingerprint density at radius 3 is 2.32 bits per heavy atom. The van der Waals surface area contributed by atoms with Crippen molar-refractivity contribution in [2.45, 2.75) is 45.4 Å². The van der Waals surface area contributed by atoms with Crippen molar-refractivity contribution in [2.75, 3.05) is 52.9 Å². The normalized spacial score (nSPS) is 23.5. The van der Waals surface area contributed by atoms with Crippen molar-refractivity contribution < 1.29 is 14.3 Å². The maximum absolute atomic E-state index is 13.5. The predicted molar refractivity (Wildman–Crippen MR) is 150 cm³/mol. The molecule has 3 saturated heterocycles. The second kappa shape index (κ2) is 11.5. The van der Waals surface area contributed by atoms with Crippen LogP contribution in [0.25, 0.3) is 0 Å². The summed E-state index contributed by atoms with van der Waals surface area (Å²) in [5.74, 6) is 2.31. The molecule has 0 aromatic heterocycles. The minimum absolute atomic E-state index is 0.0288. The quantitative estimate of drug-likeness (QED) is 0.519. The minimum Gasteiger partial charge on any atom is -0.497 e. The molecule has 0 N–H and O–H groups in total. The summed E-state index contributed by atoms with van der Waals surface area (Å²) in [4.78, 5) is 33.1. The van der Waals surface area contributed by atoms with Crippen LogP contribution in [0.1, 0.15) is 50.2 Å². The van der Waals surface area contributed by atoms with Crippen molar-refractivity contribution in [1.82, 2.24) is 14.7 Å². The number of hydrogen-bond acceptors (Lipinski definition) is 4. The summed E-state index contributed by atoms with van der Waals surface area (Å²) >= 11 is 0. The fraction of sp³-hybridized carbons (Fsp3) is 0.562. The van der Waals surface area contributed by atoms with E-state index in [-0.39, 0.29) is 17.2 Å². The van der Waals surface area contributed by atoms with E-state index >= 15 is 0 Å². The highest BCUT2D eigenvalue weighted by Crippen LogP contribution is 2.42. The van der Waals surface area contributed by atoms with Gasteiger partial charge in [0, 0.05) is 44.6 Å². The molecule has 5 rings (SSSR count). The topological polar surface area (TPSA) is 53.1 Å². The predicted octanol–water partition coefficient (Wildman–Crippen LogP) is 4.45. The lowest BCUT2D eigenvalue weighted by Gasteiger charge is -2.39. The van der Waals surface area contributed by atoms with Crippen LogP contribution in [0, 0.1) is 17.3 Å². The minimum atomic E-state index is -0.176. The molecule has 3 aliphatic rings. The molecule has 0 aliphatic carbocycles. The van der Waals surface area contributed by atoms with E-state index in [1.807, 2.05) is 26.0 Å². The highest BCUT2D eigenvalue weighted by molar-refractivity contribution is 5.85. The molecule has 0 saturated carbocycles. The number of amides is 2. The van der Waals surface area contributed by atoms with E-state index < -0.39 is 0 Å². The SMILES string of the molecule is COc1ccc(CCN2CCC3(CCN(C[C@H]4CN(C(=O)C(C)C)C[C@@H]4c4ccccc4)CC3)C2=O)cc1. The molecule has 3 aliphatic heterocycles. The molecule has 0 bridgehead atoms. The van der Waals surface area contributed by atoms with E-state index in [2.05, 4.69) is 57.2 Å². The fourth-order valence-corrected chi connectivity index (χ4v) is 6.80. The van der Waals surface area contributed by atoms with Crippen LogP contribution in [0.5, 0.6) is 5.75 Å². The Hall–Kier alpha value is -2.86. The van der Waals surface area contributed by atoms with Crippen molar-refractivity contribution in [3.63, 3.8) is 0 Å². The van der Waals surface area contributed by atoms with E-state index in [1.165, 1.54) is 11.1 Å². The molecule has 0 unspecified atom stereocenters. The number of hydrogen-bond donors (Lipinski definition) is 0. The van der Waals surface area contributed by atoms with Crippen LogP contribution in [-0.2, 0) is 16.0 Å². The van der Waals surface area contributed by atoms with Gasteiger partial charge in [-0.25, -0.2) is 0 Å². The van der Waals surface area contributed by atoms with Crippen molar-refractivity contribution in [2.24, 2.45) is 17.3 Å². The van der Waals surface area contributed by atoms with Crippen molar-refractivity contribution >= 4 is 11.8 Å². The lowest BCUT2D eigenvalue weighted by Crippen LogP contribution is -2.46. The summed E-state index contributed by atoms with van der Waals surface area (Å²) in [7, 11) is 1.68. The first-order valence-electron chi connectivity index (χ1n) is 14.4. The second-order valence-electron chi connectivity index (χ2n) is 11.9. The first-order valence-corrected chi connectivity index (χ1v) is 14.4. The molecular formula is C32H43N3O3. The zero-order valence-electron chi connectivity index (χ0n) is 23.3. The standard InChI is InChI=1S/C32H43N3O3/c1-24(2)30(36)35-22-27(29(23-35)26-7-5-4-6-8-26)21-33-18-14-32(15-19-33)16-20-34(31(32)37)17-13-25-9-11-28(38-3)12-10-25/h4-12,24,27,29H,13-23H2,1-3H3/t27-,29+/m0/s1. The summed E-state index contributed by atoms with van der Waals surface area (Å²) in [5, 5.41) is 0. The Kier molecular flexibility index (Phi) is 8.08. The maximum Gasteiger partial charge on any atom is 0.228 e. The number of rotatable bonds is 8. The first kappa shape index (κ1) is 26.7. The van der Waals surface area contributed by atoms with Gasteiger partial charge in [-0.05, 0) is 68.0 Å². The second-order valence-corrected chi connectivity index (χ2v) is 11.9. The van der Waals surface area contributed by atoms with E-state index in [9.17, 15) is 9.59 Å². The number of ether oxygens (including phenoxy) is 1. The van der Waals surface area contributed by atoms with Gasteiger partial charge >= 0.3 is 0 Å². The lowest BCUT2D eigenvalue weighted by molar-refractivity contribution is -0.138. The zero-order chi connectivity index (χ0) is 26.7. The lowest BCUT2D eigenvalue weighted by atomic mass is 9.76. The number of benzene rings is 2. The molecule has 0 radical (unpaired) electrons. The van der Waals surface area contributed by atoms with Crippen LogP contribution < -0.4 is 4.74 Å². The van der Waals surface area contributed by atoms with Gasteiger partial charge in [0.2, 0.25) is 11.8 Å². The van der Waals surface area contributed by atoms with Crippen LogP contribution in [0.3, 0.4) is 0 Å².